The molecule has 1 unspecified atom stereocenters. The summed E-state index contributed by atoms with van der Waals surface area (Å²) in [4.78, 5) is 35.5. The smallest absolute Gasteiger partial charge is 0.459 e. The fourth-order valence-corrected chi connectivity index (χ4v) is 5.27. The number of rotatable bonds is 16. The lowest BCUT2D eigenvalue weighted by atomic mass is 10.1. The van der Waals surface area contributed by atoms with Crippen LogP contribution in [0.4, 0.5) is 5.95 Å². The number of hydrogen-bond donors (Lipinski definition) is 3. The maximum absolute atomic E-state index is 14.0. The summed E-state index contributed by atoms with van der Waals surface area (Å²) in [6.45, 7) is 2.06. The van der Waals surface area contributed by atoms with Gasteiger partial charge in [0.25, 0.3) is 5.56 Å². The zero-order valence-corrected chi connectivity index (χ0v) is 23.5. The highest BCUT2D eigenvalue weighted by Crippen LogP contribution is 2.45. The van der Waals surface area contributed by atoms with Crippen molar-refractivity contribution in [3.8, 4) is 5.75 Å². The van der Waals surface area contributed by atoms with Gasteiger partial charge in [0.1, 0.15) is 18.5 Å². The number of esters is 1. The van der Waals surface area contributed by atoms with Crippen LogP contribution in [0.1, 0.15) is 25.3 Å². The molecule has 2 heterocycles. The minimum atomic E-state index is -4.10. The van der Waals surface area contributed by atoms with Crippen molar-refractivity contribution < 1.29 is 27.9 Å². The van der Waals surface area contributed by atoms with E-state index in [0.29, 0.717) is 12.2 Å². The van der Waals surface area contributed by atoms with Crippen LogP contribution in [0, 0.1) is 0 Å². The Kier molecular flexibility index (Phi) is 10.6. The molecule has 41 heavy (non-hydrogen) atoms. The number of nitrogen functional groups attached to an aromatic ring is 1. The van der Waals surface area contributed by atoms with Crippen LogP contribution in [0.5, 0.6) is 5.75 Å². The Morgan fingerprint density at radius 3 is 2.56 bits per heavy atom. The van der Waals surface area contributed by atoms with Gasteiger partial charge in [0.05, 0.1) is 26.1 Å². The number of unbranched alkanes of at least 4 members (excludes halogenated alkanes) is 1. The highest BCUT2D eigenvalue weighted by molar-refractivity contribution is 7.52. The Morgan fingerprint density at radius 2 is 1.83 bits per heavy atom. The standard InChI is InChI=1S/C27H33N6O7P/c1-2-3-14-38-26(35)22(17-20-10-6-4-7-11-20)32-41(36,40-21-12-8-5-9-13-21)39-16-15-37-19-33-18-29-23-24(33)30-27(28)31-25(23)34/h4-13,18,22H,2-3,14-17,19H2,1H3,(H,32,36)(H3,28,30,31,34)/t22-,41?/m0/s1. The number of para-hydroxylation sites is 1. The van der Waals surface area contributed by atoms with E-state index >= 15 is 0 Å². The van der Waals surface area contributed by atoms with Crippen LogP contribution in [0.3, 0.4) is 0 Å². The molecule has 0 aliphatic heterocycles. The molecule has 0 fully saturated rings. The Labute approximate surface area is 236 Å². The van der Waals surface area contributed by atoms with Crippen molar-refractivity contribution in [2.24, 2.45) is 0 Å². The molecule has 13 nitrogen and oxygen atoms in total. The molecule has 4 rings (SSSR count). The third-order valence-corrected chi connectivity index (χ3v) is 7.41. The van der Waals surface area contributed by atoms with E-state index in [-0.39, 0.29) is 50.1 Å². The molecule has 0 radical (unpaired) electrons. The molecule has 0 saturated carbocycles. The molecule has 0 amide bonds. The minimum Gasteiger partial charge on any atom is -0.465 e. The maximum Gasteiger partial charge on any atom is 0.459 e. The van der Waals surface area contributed by atoms with Crippen molar-refractivity contribution in [3.05, 3.63) is 82.9 Å². The van der Waals surface area contributed by atoms with E-state index in [0.717, 1.165) is 12.0 Å². The molecule has 2 aromatic heterocycles. The lowest BCUT2D eigenvalue weighted by Crippen LogP contribution is -2.39. The van der Waals surface area contributed by atoms with E-state index in [1.54, 1.807) is 30.3 Å². The molecule has 0 saturated heterocycles. The number of imidazole rings is 1. The van der Waals surface area contributed by atoms with Gasteiger partial charge in [0.2, 0.25) is 5.95 Å². The average molecular weight is 585 g/mol. The molecule has 4 N–H and O–H groups in total. The molecule has 0 spiro atoms. The van der Waals surface area contributed by atoms with E-state index in [9.17, 15) is 14.2 Å². The predicted molar refractivity (Wildman–Crippen MR) is 152 cm³/mol. The third kappa shape index (κ3) is 8.73. The van der Waals surface area contributed by atoms with Gasteiger partial charge in [0.15, 0.2) is 11.2 Å². The van der Waals surface area contributed by atoms with E-state index in [2.05, 4.69) is 20.0 Å². The summed E-state index contributed by atoms with van der Waals surface area (Å²) < 4.78 is 38.0. The number of fused-ring (bicyclic) bond motifs is 1. The van der Waals surface area contributed by atoms with Crippen LogP contribution in [0.15, 0.2) is 71.8 Å². The number of hydrogen-bond acceptors (Lipinski definition) is 10. The van der Waals surface area contributed by atoms with Crippen LogP contribution >= 0.6 is 7.75 Å². The molecule has 0 aliphatic rings. The zero-order chi connectivity index (χ0) is 29.1. The fraction of sp³-hybridized carbons (Fsp3) is 0.333. The Bertz CT molecular complexity index is 1510. The highest BCUT2D eigenvalue weighted by atomic mass is 31.2. The van der Waals surface area contributed by atoms with Gasteiger partial charge in [-0.2, -0.15) is 10.1 Å². The largest absolute Gasteiger partial charge is 0.465 e. The molecule has 0 aliphatic carbocycles. The lowest BCUT2D eigenvalue weighted by molar-refractivity contribution is -0.145. The molecule has 2 aromatic carbocycles. The van der Waals surface area contributed by atoms with Crippen molar-refractivity contribution in [3.63, 3.8) is 0 Å². The second-order valence-electron chi connectivity index (χ2n) is 9.00. The van der Waals surface area contributed by atoms with Gasteiger partial charge >= 0.3 is 13.7 Å². The van der Waals surface area contributed by atoms with Crippen LogP contribution in [-0.2, 0) is 36.5 Å². The topological polar surface area (TPSA) is 173 Å². The Morgan fingerprint density at radius 1 is 1.10 bits per heavy atom. The van der Waals surface area contributed by atoms with Crippen LogP contribution in [0.2, 0.25) is 0 Å². The van der Waals surface area contributed by atoms with Gasteiger partial charge in [0, 0.05) is 0 Å². The van der Waals surface area contributed by atoms with Crippen molar-refractivity contribution in [2.45, 2.75) is 39.0 Å². The summed E-state index contributed by atoms with van der Waals surface area (Å²) in [5, 5.41) is 2.80. The number of anilines is 1. The maximum atomic E-state index is 14.0. The number of ether oxygens (including phenoxy) is 2. The molecule has 218 valence electrons. The zero-order valence-electron chi connectivity index (χ0n) is 22.6. The molecule has 14 heteroatoms. The van der Waals surface area contributed by atoms with Gasteiger partial charge < -0.3 is 19.7 Å². The summed E-state index contributed by atoms with van der Waals surface area (Å²) in [5.41, 5.74) is 6.40. The number of aromatic amines is 1. The fourth-order valence-electron chi connectivity index (χ4n) is 3.79. The molecule has 2 atom stereocenters. The first-order valence-corrected chi connectivity index (χ1v) is 14.7. The molecular weight excluding hydrogens is 551 g/mol. The van der Waals surface area contributed by atoms with E-state index < -0.39 is 25.3 Å². The summed E-state index contributed by atoms with van der Waals surface area (Å²) >= 11 is 0. The lowest BCUT2D eigenvalue weighted by Gasteiger charge is -2.25. The predicted octanol–water partition coefficient (Wildman–Crippen LogP) is 3.42. The summed E-state index contributed by atoms with van der Waals surface area (Å²) in [6, 6.07) is 16.8. The summed E-state index contributed by atoms with van der Waals surface area (Å²) in [6.07, 6.45) is 3.17. The number of nitrogens with zero attached hydrogens (tertiary/aromatic N) is 3. The number of nitrogens with two attached hydrogens (primary N) is 1. The number of carbonyl (C=O) groups excluding carboxylic acids is 1. The highest BCUT2D eigenvalue weighted by Gasteiger charge is 2.34. The average Bonchev–Trinajstić information content (AvgIpc) is 3.36. The first-order chi connectivity index (χ1) is 19.9. The van der Waals surface area contributed by atoms with Crippen molar-refractivity contribution in [1.82, 2.24) is 24.6 Å². The number of aromatic nitrogens is 4. The summed E-state index contributed by atoms with van der Waals surface area (Å²) in [7, 11) is -4.10. The molecule has 4 aromatic rings. The second kappa shape index (κ2) is 14.6. The van der Waals surface area contributed by atoms with Crippen LogP contribution < -0.4 is 20.9 Å². The van der Waals surface area contributed by atoms with Gasteiger partial charge in [-0.25, -0.2) is 9.55 Å². The monoisotopic (exact) mass is 584 g/mol. The quantitative estimate of drug-likeness (QED) is 0.100. The van der Waals surface area contributed by atoms with Crippen molar-refractivity contribution in [2.75, 3.05) is 25.6 Å². The number of benzene rings is 2. The van der Waals surface area contributed by atoms with Gasteiger partial charge in [-0.15, -0.1) is 0 Å². The Hall–Kier alpha value is -4.03. The normalized spacial score (nSPS) is 13.5. The Balaban J connectivity index is 1.44. The van der Waals surface area contributed by atoms with Gasteiger partial charge in [-0.3, -0.25) is 23.7 Å². The van der Waals surface area contributed by atoms with E-state index in [1.165, 1.54) is 10.9 Å². The molecule has 0 bridgehead atoms. The van der Waals surface area contributed by atoms with Gasteiger partial charge in [-0.1, -0.05) is 61.9 Å². The number of H-pyrrole nitrogens is 1. The number of nitrogens with one attached hydrogen (secondary N) is 2. The first kappa shape index (κ1) is 29.9. The minimum absolute atomic E-state index is 0.00748. The van der Waals surface area contributed by atoms with E-state index in [1.807, 2.05) is 37.3 Å². The van der Waals surface area contributed by atoms with E-state index in [4.69, 9.17) is 24.3 Å². The van der Waals surface area contributed by atoms with Crippen molar-refractivity contribution >= 4 is 30.8 Å². The van der Waals surface area contributed by atoms with Crippen LogP contribution in [0.25, 0.3) is 11.2 Å². The first-order valence-electron chi connectivity index (χ1n) is 13.1. The van der Waals surface area contributed by atoms with Gasteiger partial charge in [-0.05, 0) is 30.5 Å². The molecular formula is C27H33N6O7P. The summed E-state index contributed by atoms with van der Waals surface area (Å²) in [5.74, 6) is -0.315. The third-order valence-electron chi connectivity index (χ3n) is 5.80. The SMILES string of the molecule is CCCCOC(=O)[C@H](Cc1ccccc1)NP(=O)(OCCOCn1cnc2c(=O)[nH]c(N)nc21)Oc1ccccc1. The number of carbonyl (C=O) groups is 1. The van der Waals surface area contributed by atoms with Crippen LogP contribution in [-0.4, -0.2) is 51.4 Å². The second-order valence-corrected chi connectivity index (χ2v) is 10.7. The van der Waals surface area contributed by atoms with Crippen molar-refractivity contribution in [1.29, 1.82) is 0 Å².